The van der Waals surface area contributed by atoms with Crippen molar-refractivity contribution >= 4 is 28.3 Å². The summed E-state index contributed by atoms with van der Waals surface area (Å²) in [5.74, 6) is 1.70. The maximum absolute atomic E-state index is 5.41. The Kier molecular flexibility index (Phi) is 4.09. The van der Waals surface area contributed by atoms with Crippen molar-refractivity contribution in [3.05, 3.63) is 65.2 Å². The van der Waals surface area contributed by atoms with Crippen LogP contribution < -0.4 is 4.74 Å². The van der Waals surface area contributed by atoms with Gasteiger partial charge in [0, 0.05) is 17.2 Å². The number of ether oxygens (including phenoxy) is 1. The number of aromatic nitrogens is 3. The molecule has 0 unspecified atom stereocenters. The van der Waals surface area contributed by atoms with E-state index < -0.39 is 0 Å². The van der Waals surface area contributed by atoms with Crippen LogP contribution in [0.4, 0.5) is 0 Å². The zero-order valence-electron chi connectivity index (χ0n) is 14.5. The fourth-order valence-corrected chi connectivity index (χ4v) is 4.07. The van der Waals surface area contributed by atoms with Crippen LogP contribution in [0.25, 0.3) is 16.6 Å². The molecule has 0 N–H and O–H groups in total. The van der Waals surface area contributed by atoms with E-state index in [2.05, 4.69) is 70.9 Å². The Morgan fingerprint density at radius 1 is 1.00 bits per heavy atom. The maximum Gasteiger partial charge on any atom is 0.196 e. The molecule has 0 fully saturated rings. The Hall–Kier alpha value is -2.53. The minimum Gasteiger partial charge on any atom is -0.497 e. The minimum absolute atomic E-state index is 0.836. The van der Waals surface area contributed by atoms with Gasteiger partial charge in [-0.25, -0.2) is 0 Å². The lowest BCUT2D eigenvalue weighted by molar-refractivity contribution is 0.415. The molecule has 0 atom stereocenters. The van der Waals surface area contributed by atoms with Gasteiger partial charge >= 0.3 is 0 Å². The van der Waals surface area contributed by atoms with E-state index in [-0.39, 0.29) is 0 Å². The molecule has 5 heteroatoms. The van der Waals surface area contributed by atoms with E-state index in [4.69, 9.17) is 4.74 Å². The highest BCUT2D eigenvalue weighted by Crippen LogP contribution is 2.30. The molecule has 0 spiro atoms. The van der Waals surface area contributed by atoms with Gasteiger partial charge in [0.25, 0.3) is 0 Å². The average Bonchev–Trinajstić information content (AvgIpc) is 3.03. The smallest absolute Gasteiger partial charge is 0.196 e. The van der Waals surface area contributed by atoms with Gasteiger partial charge < -0.3 is 4.74 Å². The third kappa shape index (κ3) is 2.85. The molecule has 0 aliphatic rings. The maximum atomic E-state index is 5.41. The van der Waals surface area contributed by atoms with Crippen LogP contribution in [0.15, 0.2) is 53.7 Å². The average molecular weight is 349 g/mol. The number of thioether (sulfide) groups is 1. The van der Waals surface area contributed by atoms with Crippen LogP contribution in [0.5, 0.6) is 5.75 Å². The van der Waals surface area contributed by atoms with Crippen molar-refractivity contribution in [1.29, 1.82) is 0 Å². The zero-order valence-corrected chi connectivity index (χ0v) is 15.3. The van der Waals surface area contributed by atoms with Gasteiger partial charge in [-0.15, -0.1) is 10.2 Å². The first-order chi connectivity index (χ1) is 12.2. The molecule has 2 aromatic heterocycles. The Balaban J connectivity index is 1.82. The molecule has 4 rings (SSSR count). The molecule has 0 amide bonds. The SMILES string of the molecule is COc1ccc2c(C)cc3nnc(SCc4ccccc4C)n3c2c1. The van der Waals surface area contributed by atoms with Crippen LogP contribution in [-0.4, -0.2) is 21.7 Å². The number of pyridine rings is 1. The Labute approximate surface area is 150 Å². The number of benzene rings is 2. The van der Waals surface area contributed by atoms with E-state index >= 15 is 0 Å². The number of fused-ring (bicyclic) bond motifs is 3. The first kappa shape index (κ1) is 16.0. The Morgan fingerprint density at radius 2 is 1.84 bits per heavy atom. The first-order valence-electron chi connectivity index (χ1n) is 8.17. The topological polar surface area (TPSA) is 39.4 Å². The van der Waals surface area contributed by atoms with Crippen LogP contribution in [-0.2, 0) is 5.75 Å². The summed E-state index contributed by atoms with van der Waals surface area (Å²) < 4.78 is 7.53. The lowest BCUT2D eigenvalue weighted by atomic mass is 10.1. The van der Waals surface area contributed by atoms with Gasteiger partial charge in [0.2, 0.25) is 0 Å². The molecule has 0 saturated carbocycles. The first-order valence-corrected chi connectivity index (χ1v) is 9.16. The lowest BCUT2D eigenvalue weighted by Gasteiger charge is -2.09. The number of rotatable bonds is 4. The largest absolute Gasteiger partial charge is 0.497 e. The number of aryl methyl sites for hydroxylation is 2. The number of methoxy groups -OCH3 is 1. The van der Waals surface area contributed by atoms with Crippen molar-refractivity contribution < 1.29 is 4.74 Å². The monoisotopic (exact) mass is 349 g/mol. The molecule has 4 aromatic rings. The van der Waals surface area contributed by atoms with Crippen LogP contribution in [0.3, 0.4) is 0 Å². The minimum atomic E-state index is 0.836. The van der Waals surface area contributed by atoms with Gasteiger partial charge in [-0.05, 0) is 48.7 Å². The van der Waals surface area contributed by atoms with Gasteiger partial charge in [-0.3, -0.25) is 4.40 Å². The van der Waals surface area contributed by atoms with Gasteiger partial charge in [0.05, 0.1) is 12.6 Å². The van der Waals surface area contributed by atoms with Crippen molar-refractivity contribution in [3.8, 4) is 5.75 Å². The second kappa shape index (κ2) is 6.41. The predicted molar refractivity (Wildman–Crippen MR) is 103 cm³/mol. The number of nitrogens with zero attached hydrogens (tertiary/aromatic N) is 3. The molecule has 0 bridgehead atoms. The van der Waals surface area contributed by atoms with Gasteiger partial charge in [-0.1, -0.05) is 36.0 Å². The van der Waals surface area contributed by atoms with Gasteiger partial charge in [0.15, 0.2) is 10.8 Å². The fraction of sp³-hybridized carbons (Fsp3) is 0.200. The molecule has 2 aromatic carbocycles. The van der Waals surface area contributed by atoms with Crippen molar-refractivity contribution in [3.63, 3.8) is 0 Å². The quantitative estimate of drug-likeness (QED) is 0.496. The van der Waals surface area contributed by atoms with Crippen molar-refractivity contribution in [2.45, 2.75) is 24.8 Å². The third-order valence-corrected chi connectivity index (χ3v) is 5.47. The van der Waals surface area contributed by atoms with Gasteiger partial charge in [0.1, 0.15) is 5.75 Å². The van der Waals surface area contributed by atoms with Crippen molar-refractivity contribution in [2.24, 2.45) is 0 Å². The summed E-state index contributed by atoms with van der Waals surface area (Å²) in [6.45, 7) is 4.24. The van der Waals surface area contributed by atoms with E-state index in [9.17, 15) is 0 Å². The van der Waals surface area contributed by atoms with E-state index in [1.807, 2.05) is 6.07 Å². The van der Waals surface area contributed by atoms with Crippen LogP contribution in [0, 0.1) is 13.8 Å². The molecule has 0 aliphatic heterocycles. The highest BCUT2D eigenvalue weighted by molar-refractivity contribution is 7.98. The number of hydrogen-bond acceptors (Lipinski definition) is 4. The molecule has 126 valence electrons. The van der Waals surface area contributed by atoms with E-state index in [1.165, 1.54) is 22.1 Å². The molecule has 2 heterocycles. The molecule has 0 aliphatic carbocycles. The van der Waals surface area contributed by atoms with Crippen LogP contribution >= 0.6 is 11.8 Å². The Morgan fingerprint density at radius 3 is 2.64 bits per heavy atom. The van der Waals surface area contributed by atoms with E-state index in [1.54, 1.807) is 18.9 Å². The van der Waals surface area contributed by atoms with Crippen molar-refractivity contribution in [1.82, 2.24) is 14.6 Å². The molecule has 0 saturated heterocycles. The summed E-state index contributed by atoms with van der Waals surface area (Å²) in [5.41, 5.74) is 5.75. The van der Waals surface area contributed by atoms with E-state index in [0.29, 0.717) is 0 Å². The van der Waals surface area contributed by atoms with Crippen LogP contribution in [0.2, 0.25) is 0 Å². The van der Waals surface area contributed by atoms with E-state index in [0.717, 1.165) is 27.8 Å². The zero-order chi connectivity index (χ0) is 17.4. The molecular formula is C20H19N3OS. The summed E-state index contributed by atoms with van der Waals surface area (Å²) >= 11 is 1.71. The summed E-state index contributed by atoms with van der Waals surface area (Å²) in [5, 5.41) is 10.9. The summed E-state index contributed by atoms with van der Waals surface area (Å²) in [4.78, 5) is 0. The second-order valence-electron chi connectivity index (χ2n) is 6.10. The standard InChI is InChI=1S/C20H19N3OS/c1-13-6-4-5-7-15(13)12-25-20-22-21-19-10-14(2)17-9-8-16(24-3)11-18(17)23(19)20/h4-11H,12H2,1-3H3. The molecular weight excluding hydrogens is 330 g/mol. The second-order valence-corrected chi connectivity index (χ2v) is 7.04. The fourth-order valence-electron chi connectivity index (χ4n) is 3.04. The number of hydrogen-bond donors (Lipinski definition) is 0. The highest BCUT2D eigenvalue weighted by Gasteiger charge is 2.13. The van der Waals surface area contributed by atoms with Crippen LogP contribution in [0.1, 0.15) is 16.7 Å². The molecule has 4 nitrogen and oxygen atoms in total. The van der Waals surface area contributed by atoms with Gasteiger partial charge in [-0.2, -0.15) is 0 Å². The summed E-state index contributed by atoms with van der Waals surface area (Å²) in [6.07, 6.45) is 0. The lowest BCUT2D eigenvalue weighted by Crippen LogP contribution is -1.95. The molecule has 0 radical (unpaired) electrons. The normalized spacial score (nSPS) is 11.3. The molecule has 25 heavy (non-hydrogen) atoms. The third-order valence-electron chi connectivity index (χ3n) is 4.49. The summed E-state index contributed by atoms with van der Waals surface area (Å²) in [6, 6.07) is 16.7. The summed E-state index contributed by atoms with van der Waals surface area (Å²) in [7, 11) is 1.69. The highest BCUT2D eigenvalue weighted by atomic mass is 32.2. The Bertz CT molecular complexity index is 1070. The van der Waals surface area contributed by atoms with Crippen molar-refractivity contribution in [2.75, 3.05) is 7.11 Å². The predicted octanol–water partition coefficient (Wildman–Crippen LogP) is 4.80.